The maximum absolute atomic E-state index is 13.6. The Balaban J connectivity index is 1.54. The summed E-state index contributed by atoms with van der Waals surface area (Å²) in [6, 6.07) is 15.9. The highest BCUT2D eigenvalue weighted by Gasteiger charge is 2.48. The van der Waals surface area contributed by atoms with Gasteiger partial charge in [0.05, 0.1) is 11.6 Å². The normalized spacial score (nSPS) is 16.3. The molecule has 0 spiro atoms. The van der Waals surface area contributed by atoms with Crippen molar-refractivity contribution in [2.45, 2.75) is 16.1 Å². The quantitative estimate of drug-likeness (QED) is 0.0514. The van der Waals surface area contributed by atoms with Crippen LogP contribution in [0.1, 0.15) is 22.7 Å². The van der Waals surface area contributed by atoms with Gasteiger partial charge in [0.2, 0.25) is 5.13 Å². The summed E-state index contributed by atoms with van der Waals surface area (Å²) >= 11 is 14.8. The molecular formula is C29H20Cl2FN3O4S2. The fourth-order valence-electron chi connectivity index (χ4n) is 4.17. The molecule has 3 aromatic carbocycles. The third kappa shape index (κ3) is 6.15. The summed E-state index contributed by atoms with van der Waals surface area (Å²) in [5.41, 5.74) is 1.35. The maximum Gasteiger partial charge on any atom is 0.301 e. The SMILES string of the molecule is C=CCOc1cccc(C2/C(=C(\O)c3ccc(F)cc3)C(=O)C(=O)N2c2nnc(SCc3ccc(Cl)cc3Cl)s2)c1. The number of Topliss-reactive ketones (excluding diaryl/α,β-unsaturated/α-hetero) is 1. The number of rotatable bonds is 9. The molecule has 1 N–H and O–H groups in total. The zero-order valence-corrected chi connectivity index (χ0v) is 24.2. The second-order valence-electron chi connectivity index (χ2n) is 8.72. The second-order valence-corrected chi connectivity index (χ2v) is 11.7. The van der Waals surface area contributed by atoms with E-state index in [1.165, 1.54) is 28.8 Å². The number of hydrogen-bond acceptors (Lipinski definition) is 8. The Hall–Kier alpha value is -3.70. The van der Waals surface area contributed by atoms with E-state index in [4.69, 9.17) is 27.9 Å². The molecule has 208 valence electrons. The lowest BCUT2D eigenvalue weighted by atomic mass is 9.95. The predicted octanol–water partition coefficient (Wildman–Crippen LogP) is 7.47. The van der Waals surface area contributed by atoms with E-state index in [0.717, 1.165) is 29.0 Å². The van der Waals surface area contributed by atoms with Gasteiger partial charge < -0.3 is 9.84 Å². The fraction of sp³-hybridized carbons (Fsp3) is 0.103. The summed E-state index contributed by atoms with van der Waals surface area (Å²) in [6.45, 7) is 3.89. The summed E-state index contributed by atoms with van der Waals surface area (Å²) in [7, 11) is 0. The van der Waals surface area contributed by atoms with E-state index in [1.54, 1.807) is 42.5 Å². The van der Waals surface area contributed by atoms with Crippen molar-refractivity contribution in [3.63, 3.8) is 0 Å². The van der Waals surface area contributed by atoms with E-state index >= 15 is 0 Å². The van der Waals surface area contributed by atoms with Crippen LogP contribution in [0.2, 0.25) is 10.0 Å². The van der Waals surface area contributed by atoms with E-state index in [0.29, 0.717) is 31.5 Å². The van der Waals surface area contributed by atoms with Crippen LogP contribution in [0.15, 0.2) is 89.3 Å². The zero-order valence-electron chi connectivity index (χ0n) is 21.1. The lowest BCUT2D eigenvalue weighted by Crippen LogP contribution is -2.29. The molecule has 1 saturated heterocycles. The van der Waals surface area contributed by atoms with Gasteiger partial charge in [-0.2, -0.15) is 0 Å². The predicted molar refractivity (Wildman–Crippen MR) is 159 cm³/mol. The largest absolute Gasteiger partial charge is 0.507 e. The molecule has 0 bridgehead atoms. The number of halogens is 3. The molecule has 0 radical (unpaired) electrons. The highest BCUT2D eigenvalue weighted by Crippen LogP contribution is 2.44. The number of benzene rings is 3. The molecule has 4 aromatic rings. The molecule has 1 aliphatic heterocycles. The summed E-state index contributed by atoms with van der Waals surface area (Å²) in [5.74, 6) is -1.80. The van der Waals surface area contributed by atoms with Gasteiger partial charge in [0.25, 0.3) is 5.78 Å². The molecule has 5 rings (SSSR count). The fourth-order valence-corrected chi connectivity index (χ4v) is 6.60. The summed E-state index contributed by atoms with van der Waals surface area (Å²) in [4.78, 5) is 28.0. The number of ketones is 1. The van der Waals surface area contributed by atoms with Crippen LogP contribution in [-0.4, -0.2) is 33.6 Å². The number of nitrogens with zero attached hydrogens (tertiary/aromatic N) is 3. The first kappa shape index (κ1) is 28.8. The number of hydrogen-bond donors (Lipinski definition) is 1. The van der Waals surface area contributed by atoms with Gasteiger partial charge in [-0.15, -0.1) is 10.2 Å². The number of carbonyl (C=O) groups is 2. The van der Waals surface area contributed by atoms with Crippen LogP contribution >= 0.6 is 46.3 Å². The first-order valence-electron chi connectivity index (χ1n) is 12.1. The number of thioether (sulfide) groups is 1. The van der Waals surface area contributed by atoms with Crippen molar-refractivity contribution in [1.82, 2.24) is 10.2 Å². The minimum absolute atomic E-state index is 0.164. The number of amides is 1. The van der Waals surface area contributed by atoms with E-state index in [9.17, 15) is 19.1 Å². The smallest absolute Gasteiger partial charge is 0.301 e. The average molecular weight is 629 g/mol. The number of aromatic nitrogens is 2. The molecular weight excluding hydrogens is 608 g/mol. The van der Waals surface area contributed by atoms with Crippen molar-refractivity contribution in [2.24, 2.45) is 0 Å². The molecule has 12 heteroatoms. The zero-order chi connectivity index (χ0) is 29.1. The molecule has 1 fully saturated rings. The standard InChI is InChI=1S/C29H20Cl2FN3O4S2/c1-2-12-39-21-5-3-4-17(13-21)24-23(25(36)16-7-10-20(32)11-8-16)26(37)27(38)35(24)28-33-34-29(41-28)40-15-18-6-9-19(30)14-22(18)31/h2-11,13-14,24,36H,1,12,15H2/b25-23+. The lowest BCUT2D eigenvalue weighted by molar-refractivity contribution is -0.132. The van der Waals surface area contributed by atoms with Gasteiger partial charge in [-0.1, -0.05) is 77.2 Å². The van der Waals surface area contributed by atoms with E-state index < -0.39 is 29.3 Å². The highest BCUT2D eigenvalue weighted by molar-refractivity contribution is 8.00. The molecule has 1 aliphatic rings. The van der Waals surface area contributed by atoms with Gasteiger partial charge >= 0.3 is 5.91 Å². The lowest BCUT2D eigenvalue weighted by Gasteiger charge is -2.23. The number of aliphatic hydroxyl groups excluding tert-OH is 1. The first-order chi connectivity index (χ1) is 19.8. The Labute approximate surface area is 252 Å². The minimum atomic E-state index is -1.05. The number of ether oxygens (including phenoxy) is 1. The van der Waals surface area contributed by atoms with Crippen LogP contribution in [-0.2, 0) is 15.3 Å². The van der Waals surface area contributed by atoms with Crippen molar-refractivity contribution in [3.05, 3.63) is 118 Å². The van der Waals surface area contributed by atoms with Crippen molar-refractivity contribution >= 4 is 68.9 Å². The van der Waals surface area contributed by atoms with Crippen LogP contribution in [0.4, 0.5) is 9.52 Å². The van der Waals surface area contributed by atoms with Crippen molar-refractivity contribution < 1.29 is 23.8 Å². The van der Waals surface area contributed by atoms with Gasteiger partial charge in [-0.05, 0) is 59.7 Å². The molecule has 1 atom stereocenters. The van der Waals surface area contributed by atoms with Crippen LogP contribution in [0.5, 0.6) is 5.75 Å². The van der Waals surface area contributed by atoms with Crippen molar-refractivity contribution in [2.75, 3.05) is 11.5 Å². The Bertz CT molecular complexity index is 1680. The Kier molecular flexibility index (Phi) is 8.74. The summed E-state index contributed by atoms with van der Waals surface area (Å²) < 4.78 is 19.8. The van der Waals surface area contributed by atoms with Crippen LogP contribution in [0.3, 0.4) is 0 Å². The van der Waals surface area contributed by atoms with Crippen LogP contribution < -0.4 is 9.64 Å². The van der Waals surface area contributed by atoms with E-state index in [-0.39, 0.29) is 22.9 Å². The average Bonchev–Trinajstić information content (AvgIpc) is 3.53. The van der Waals surface area contributed by atoms with Crippen molar-refractivity contribution in [3.8, 4) is 5.75 Å². The van der Waals surface area contributed by atoms with Gasteiger partial charge in [0.15, 0.2) is 4.34 Å². The molecule has 0 aliphatic carbocycles. The van der Waals surface area contributed by atoms with Crippen LogP contribution in [0, 0.1) is 5.82 Å². The maximum atomic E-state index is 13.6. The first-order valence-corrected chi connectivity index (χ1v) is 14.6. The molecule has 1 amide bonds. The van der Waals surface area contributed by atoms with E-state index in [2.05, 4.69) is 16.8 Å². The monoisotopic (exact) mass is 627 g/mol. The minimum Gasteiger partial charge on any atom is -0.507 e. The van der Waals surface area contributed by atoms with Gasteiger partial charge in [0, 0.05) is 21.4 Å². The topological polar surface area (TPSA) is 92.6 Å². The number of aliphatic hydroxyl groups is 1. The molecule has 0 saturated carbocycles. The van der Waals surface area contributed by atoms with E-state index in [1.807, 2.05) is 6.07 Å². The summed E-state index contributed by atoms with van der Waals surface area (Å²) in [5, 5.41) is 20.8. The Morgan fingerprint density at radius 3 is 2.63 bits per heavy atom. The molecule has 2 heterocycles. The van der Waals surface area contributed by atoms with Crippen LogP contribution in [0.25, 0.3) is 5.76 Å². The second kappa shape index (κ2) is 12.4. The van der Waals surface area contributed by atoms with Gasteiger partial charge in [0.1, 0.15) is 23.9 Å². The molecule has 1 unspecified atom stereocenters. The van der Waals surface area contributed by atoms with Crippen molar-refractivity contribution in [1.29, 1.82) is 0 Å². The van der Waals surface area contributed by atoms with Gasteiger partial charge in [-0.25, -0.2) is 4.39 Å². The molecule has 7 nitrogen and oxygen atoms in total. The third-order valence-electron chi connectivity index (χ3n) is 6.07. The molecule has 1 aromatic heterocycles. The highest BCUT2D eigenvalue weighted by atomic mass is 35.5. The number of anilines is 1. The Morgan fingerprint density at radius 1 is 1.12 bits per heavy atom. The number of carbonyl (C=O) groups excluding carboxylic acids is 2. The Morgan fingerprint density at radius 2 is 1.90 bits per heavy atom. The van der Waals surface area contributed by atoms with Gasteiger partial charge in [-0.3, -0.25) is 14.5 Å². The third-order valence-corrected chi connectivity index (χ3v) is 8.76. The summed E-state index contributed by atoms with van der Waals surface area (Å²) in [6.07, 6.45) is 1.59. The molecule has 41 heavy (non-hydrogen) atoms.